The lowest BCUT2D eigenvalue weighted by atomic mass is 10.2. The van der Waals surface area contributed by atoms with Gasteiger partial charge in [-0.05, 0) is 26.0 Å². The van der Waals surface area contributed by atoms with Crippen molar-refractivity contribution in [3.63, 3.8) is 0 Å². The van der Waals surface area contributed by atoms with Gasteiger partial charge in [-0.2, -0.15) is 0 Å². The Balaban J connectivity index is 3.25. The van der Waals surface area contributed by atoms with Gasteiger partial charge in [0.1, 0.15) is 11.4 Å². The lowest BCUT2D eigenvalue weighted by Gasteiger charge is -2.28. The number of hydrazine groups is 1. The van der Waals surface area contributed by atoms with Gasteiger partial charge in [0.05, 0.1) is 11.5 Å². The molecule has 0 aromatic heterocycles. The van der Waals surface area contributed by atoms with Crippen LogP contribution in [0.1, 0.15) is 13.8 Å². The van der Waals surface area contributed by atoms with Crippen molar-refractivity contribution in [2.75, 3.05) is 30.6 Å². The van der Waals surface area contributed by atoms with Gasteiger partial charge < -0.3 is 15.1 Å². The van der Waals surface area contributed by atoms with E-state index in [-0.39, 0.29) is 11.7 Å². The zero-order chi connectivity index (χ0) is 14.4. The first-order chi connectivity index (χ1) is 9.02. The fourth-order valence-corrected chi connectivity index (χ4v) is 1.92. The molecule has 7 nitrogen and oxygen atoms in total. The molecule has 0 saturated heterocycles. The Hall–Kier alpha value is -1.86. The summed E-state index contributed by atoms with van der Waals surface area (Å²) in [5, 5.41) is 11.3. The Morgan fingerprint density at radius 3 is 2.68 bits per heavy atom. The smallest absolute Gasteiger partial charge is 0.316 e. The largest absolute Gasteiger partial charge is 0.383 e. The van der Waals surface area contributed by atoms with Crippen LogP contribution in [0.25, 0.3) is 0 Å². The fourth-order valence-electron chi connectivity index (χ4n) is 1.92. The summed E-state index contributed by atoms with van der Waals surface area (Å²) in [7, 11) is 1.60. The molecule has 1 aromatic carbocycles. The summed E-state index contributed by atoms with van der Waals surface area (Å²) in [6.07, 6.45) is 0. The highest BCUT2D eigenvalue weighted by molar-refractivity contribution is 5.77. The van der Waals surface area contributed by atoms with Crippen LogP contribution in [0.15, 0.2) is 18.2 Å². The molecule has 0 amide bonds. The summed E-state index contributed by atoms with van der Waals surface area (Å²) in [4.78, 5) is 12.7. The van der Waals surface area contributed by atoms with Gasteiger partial charge in [0, 0.05) is 19.7 Å². The SMILES string of the molecule is COCCN(c1cccc(NN)c1[N+](=O)[O-])C(C)C. The van der Waals surface area contributed by atoms with E-state index in [9.17, 15) is 10.1 Å². The van der Waals surface area contributed by atoms with Crippen LogP contribution in [0.2, 0.25) is 0 Å². The molecule has 0 spiro atoms. The molecule has 0 heterocycles. The number of rotatable bonds is 7. The second-order valence-electron chi connectivity index (χ2n) is 4.35. The normalized spacial score (nSPS) is 10.6. The molecule has 1 aromatic rings. The van der Waals surface area contributed by atoms with Crippen molar-refractivity contribution >= 4 is 17.1 Å². The molecule has 7 heteroatoms. The van der Waals surface area contributed by atoms with Gasteiger partial charge in [-0.3, -0.25) is 16.0 Å². The van der Waals surface area contributed by atoms with Crippen molar-refractivity contribution in [2.24, 2.45) is 5.84 Å². The van der Waals surface area contributed by atoms with E-state index >= 15 is 0 Å². The van der Waals surface area contributed by atoms with Gasteiger partial charge in [-0.1, -0.05) is 6.07 Å². The number of nitrogen functional groups attached to an aromatic ring is 1. The Labute approximate surface area is 112 Å². The monoisotopic (exact) mass is 268 g/mol. The summed E-state index contributed by atoms with van der Waals surface area (Å²) < 4.78 is 5.05. The first-order valence-electron chi connectivity index (χ1n) is 6.02. The molecule has 106 valence electrons. The highest BCUT2D eigenvalue weighted by Crippen LogP contribution is 2.35. The van der Waals surface area contributed by atoms with E-state index in [1.54, 1.807) is 25.3 Å². The minimum atomic E-state index is -0.424. The molecule has 0 radical (unpaired) electrons. The highest BCUT2D eigenvalue weighted by atomic mass is 16.6. The highest BCUT2D eigenvalue weighted by Gasteiger charge is 2.24. The molecule has 0 saturated carbocycles. The number of nitro benzene ring substituents is 1. The summed E-state index contributed by atoms with van der Waals surface area (Å²) in [5.74, 6) is 5.34. The molecule has 19 heavy (non-hydrogen) atoms. The standard InChI is InChI=1S/C12H20N4O3/c1-9(2)15(7-8-19-3)11-6-4-5-10(14-13)12(11)16(17)18/h4-6,9,14H,7-8,13H2,1-3H3. The molecule has 0 atom stereocenters. The second kappa shape index (κ2) is 6.91. The molecule has 0 unspecified atom stereocenters. The summed E-state index contributed by atoms with van der Waals surface area (Å²) in [6.45, 7) is 5.02. The van der Waals surface area contributed by atoms with Crippen molar-refractivity contribution in [2.45, 2.75) is 19.9 Å². The molecule has 0 fully saturated rings. The van der Waals surface area contributed by atoms with Crippen molar-refractivity contribution in [3.8, 4) is 0 Å². The van der Waals surface area contributed by atoms with Crippen LogP contribution in [0.4, 0.5) is 17.1 Å². The average Bonchev–Trinajstić information content (AvgIpc) is 2.38. The molecule has 0 aliphatic carbocycles. The molecule has 0 aliphatic rings. The van der Waals surface area contributed by atoms with Crippen molar-refractivity contribution in [3.05, 3.63) is 28.3 Å². The van der Waals surface area contributed by atoms with E-state index in [1.807, 2.05) is 18.7 Å². The summed E-state index contributed by atoms with van der Waals surface area (Å²) in [5.41, 5.74) is 3.18. The minimum absolute atomic E-state index is 0.0187. The number of benzene rings is 1. The minimum Gasteiger partial charge on any atom is -0.383 e. The Morgan fingerprint density at radius 2 is 2.21 bits per heavy atom. The number of nitrogens with one attached hydrogen (secondary N) is 1. The number of ether oxygens (including phenoxy) is 1. The molecular weight excluding hydrogens is 248 g/mol. The van der Waals surface area contributed by atoms with Gasteiger partial charge in [-0.25, -0.2) is 0 Å². The number of hydrogen-bond donors (Lipinski definition) is 2. The summed E-state index contributed by atoms with van der Waals surface area (Å²) >= 11 is 0. The van der Waals surface area contributed by atoms with Gasteiger partial charge in [0.2, 0.25) is 0 Å². The first-order valence-corrected chi connectivity index (χ1v) is 6.02. The third-order valence-electron chi connectivity index (χ3n) is 2.82. The Morgan fingerprint density at radius 1 is 1.53 bits per heavy atom. The number of methoxy groups -OCH3 is 1. The van der Waals surface area contributed by atoms with Crippen LogP contribution in [-0.2, 0) is 4.74 Å². The van der Waals surface area contributed by atoms with Gasteiger partial charge in [0.15, 0.2) is 0 Å². The molecule has 0 bridgehead atoms. The van der Waals surface area contributed by atoms with Crippen molar-refractivity contribution in [1.82, 2.24) is 0 Å². The van der Waals surface area contributed by atoms with Gasteiger partial charge in [0.25, 0.3) is 0 Å². The van der Waals surface area contributed by atoms with Crippen LogP contribution < -0.4 is 16.2 Å². The Kier molecular flexibility index (Phi) is 5.53. The van der Waals surface area contributed by atoms with Crippen LogP contribution in [0.3, 0.4) is 0 Å². The number of nitro groups is 1. The van der Waals surface area contributed by atoms with Crippen LogP contribution in [-0.4, -0.2) is 31.2 Å². The van der Waals surface area contributed by atoms with E-state index in [0.29, 0.717) is 24.5 Å². The van der Waals surface area contributed by atoms with E-state index in [4.69, 9.17) is 10.6 Å². The summed E-state index contributed by atoms with van der Waals surface area (Å²) in [6, 6.07) is 5.15. The first kappa shape index (κ1) is 15.2. The zero-order valence-electron chi connectivity index (χ0n) is 11.4. The van der Waals surface area contributed by atoms with Gasteiger partial charge in [-0.15, -0.1) is 0 Å². The van der Waals surface area contributed by atoms with E-state index < -0.39 is 4.92 Å². The predicted octanol–water partition coefficient (Wildman–Crippen LogP) is 1.74. The molecule has 3 N–H and O–H groups in total. The number of para-hydroxylation sites is 1. The molecule has 1 rings (SSSR count). The van der Waals surface area contributed by atoms with Gasteiger partial charge >= 0.3 is 5.69 Å². The molecule has 0 aliphatic heterocycles. The zero-order valence-corrected chi connectivity index (χ0v) is 11.4. The quantitative estimate of drug-likeness (QED) is 0.444. The topological polar surface area (TPSA) is 93.7 Å². The lowest BCUT2D eigenvalue weighted by molar-refractivity contribution is -0.383. The molecular formula is C12H20N4O3. The van der Waals surface area contributed by atoms with Crippen LogP contribution in [0, 0.1) is 10.1 Å². The predicted molar refractivity (Wildman–Crippen MR) is 75.3 cm³/mol. The average molecular weight is 268 g/mol. The van der Waals surface area contributed by atoms with E-state index in [2.05, 4.69) is 5.43 Å². The second-order valence-corrected chi connectivity index (χ2v) is 4.35. The van der Waals surface area contributed by atoms with E-state index in [1.165, 1.54) is 0 Å². The lowest BCUT2D eigenvalue weighted by Crippen LogP contribution is -2.34. The van der Waals surface area contributed by atoms with E-state index in [0.717, 1.165) is 0 Å². The van der Waals surface area contributed by atoms with Crippen molar-refractivity contribution in [1.29, 1.82) is 0 Å². The van der Waals surface area contributed by atoms with Crippen LogP contribution in [0.5, 0.6) is 0 Å². The Bertz CT molecular complexity index is 437. The maximum atomic E-state index is 11.3. The number of nitrogens with two attached hydrogens (primary N) is 1. The number of hydrogen-bond acceptors (Lipinski definition) is 6. The maximum Gasteiger partial charge on any atom is 0.316 e. The van der Waals surface area contributed by atoms with Crippen molar-refractivity contribution < 1.29 is 9.66 Å². The fraction of sp³-hybridized carbons (Fsp3) is 0.500. The van der Waals surface area contributed by atoms with Crippen LogP contribution >= 0.6 is 0 Å². The third kappa shape index (κ3) is 3.55. The third-order valence-corrected chi connectivity index (χ3v) is 2.82. The number of anilines is 2. The maximum absolute atomic E-state index is 11.3. The number of nitrogens with zero attached hydrogens (tertiary/aromatic N) is 2.